The maximum absolute atomic E-state index is 10.7. The summed E-state index contributed by atoms with van der Waals surface area (Å²) in [5.41, 5.74) is 0.938. The Morgan fingerprint density at radius 1 is 1.56 bits per heavy atom. The summed E-state index contributed by atoms with van der Waals surface area (Å²) in [6.07, 6.45) is 0. The summed E-state index contributed by atoms with van der Waals surface area (Å²) >= 11 is 0. The minimum Gasteiger partial charge on any atom is -0.480 e. The van der Waals surface area contributed by atoms with E-state index in [9.17, 15) is 14.9 Å². The van der Waals surface area contributed by atoms with Crippen LogP contribution < -0.4 is 5.32 Å². The topological polar surface area (TPSA) is 92.5 Å². The first-order valence-corrected chi connectivity index (χ1v) is 4.66. The van der Waals surface area contributed by atoms with Crippen molar-refractivity contribution in [2.45, 2.75) is 19.9 Å². The predicted octanol–water partition coefficient (Wildman–Crippen LogP) is 1.79. The van der Waals surface area contributed by atoms with Crippen LogP contribution in [-0.2, 0) is 4.79 Å². The van der Waals surface area contributed by atoms with Gasteiger partial charge in [-0.15, -0.1) is 0 Å². The second-order valence-corrected chi connectivity index (χ2v) is 3.46. The van der Waals surface area contributed by atoms with Crippen LogP contribution in [0.25, 0.3) is 0 Å². The molecule has 0 saturated carbocycles. The molecule has 0 saturated heterocycles. The molecule has 0 aliphatic rings. The highest BCUT2D eigenvalue weighted by molar-refractivity contribution is 5.77. The number of benzene rings is 1. The molecule has 0 radical (unpaired) electrons. The van der Waals surface area contributed by atoms with Crippen molar-refractivity contribution in [3.05, 3.63) is 33.9 Å². The number of hydrogen-bond donors (Lipinski definition) is 2. The molecule has 2 N–H and O–H groups in total. The van der Waals surface area contributed by atoms with E-state index in [0.717, 1.165) is 0 Å². The molecule has 1 rings (SSSR count). The van der Waals surface area contributed by atoms with Crippen molar-refractivity contribution < 1.29 is 14.8 Å². The predicted molar refractivity (Wildman–Crippen MR) is 58.6 cm³/mol. The highest BCUT2D eigenvalue weighted by Gasteiger charge is 2.14. The van der Waals surface area contributed by atoms with Gasteiger partial charge in [0.2, 0.25) is 0 Å². The van der Waals surface area contributed by atoms with Gasteiger partial charge in [0.1, 0.15) is 6.04 Å². The summed E-state index contributed by atoms with van der Waals surface area (Å²) in [4.78, 5) is 20.8. The van der Waals surface area contributed by atoms with Crippen LogP contribution in [0.1, 0.15) is 12.5 Å². The summed E-state index contributed by atoms with van der Waals surface area (Å²) in [5, 5.41) is 22.0. The van der Waals surface area contributed by atoms with Crippen LogP contribution in [0.15, 0.2) is 18.2 Å². The van der Waals surface area contributed by atoms with E-state index in [4.69, 9.17) is 5.11 Å². The highest BCUT2D eigenvalue weighted by Crippen LogP contribution is 2.22. The Morgan fingerprint density at radius 2 is 2.19 bits per heavy atom. The molecule has 0 bridgehead atoms. The number of nitrogens with zero attached hydrogens (tertiary/aromatic N) is 1. The number of rotatable bonds is 4. The average Bonchev–Trinajstić information content (AvgIpc) is 2.20. The van der Waals surface area contributed by atoms with Gasteiger partial charge in [0.05, 0.1) is 4.92 Å². The van der Waals surface area contributed by atoms with E-state index in [1.165, 1.54) is 13.0 Å². The lowest BCUT2D eigenvalue weighted by Crippen LogP contribution is -2.25. The van der Waals surface area contributed by atoms with Crippen LogP contribution in [0.3, 0.4) is 0 Å². The molecule has 0 aliphatic carbocycles. The third-order valence-corrected chi connectivity index (χ3v) is 2.16. The fourth-order valence-electron chi connectivity index (χ4n) is 1.21. The lowest BCUT2D eigenvalue weighted by molar-refractivity contribution is -0.385. The third kappa shape index (κ3) is 2.69. The lowest BCUT2D eigenvalue weighted by atomic mass is 10.1. The SMILES string of the molecule is Cc1ccc(NC(C)C(=O)O)cc1[N+](=O)[O-]. The molecule has 0 spiro atoms. The molecular weight excluding hydrogens is 212 g/mol. The number of aliphatic carboxylic acids is 1. The van der Waals surface area contributed by atoms with Crippen LogP contribution in [0.4, 0.5) is 11.4 Å². The fourth-order valence-corrected chi connectivity index (χ4v) is 1.21. The van der Waals surface area contributed by atoms with Crippen molar-refractivity contribution in [1.29, 1.82) is 0 Å². The van der Waals surface area contributed by atoms with E-state index < -0.39 is 16.9 Å². The molecule has 1 unspecified atom stereocenters. The smallest absolute Gasteiger partial charge is 0.325 e. The Hall–Kier alpha value is -2.11. The minimum atomic E-state index is -1.01. The van der Waals surface area contributed by atoms with Gasteiger partial charge in [0.15, 0.2) is 0 Å². The van der Waals surface area contributed by atoms with Crippen LogP contribution in [0.2, 0.25) is 0 Å². The van der Waals surface area contributed by atoms with E-state index >= 15 is 0 Å². The molecule has 1 aromatic rings. The molecule has 0 fully saturated rings. The van der Waals surface area contributed by atoms with E-state index in [1.54, 1.807) is 19.1 Å². The van der Waals surface area contributed by atoms with Gasteiger partial charge in [-0.25, -0.2) is 0 Å². The Morgan fingerprint density at radius 3 is 2.69 bits per heavy atom. The number of hydrogen-bond acceptors (Lipinski definition) is 4. The molecule has 6 nitrogen and oxygen atoms in total. The summed E-state index contributed by atoms with van der Waals surface area (Å²) < 4.78 is 0. The second kappa shape index (κ2) is 4.61. The number of anilines is 1. The lowest BCUT2D eigenvalue weighted by Gasteiger charge is -2.10. The summed E-state index contributed by atoms with van der Waals surface area (Å²) in [6.45, 7) is 3.09. The van der Waals surface area contributed by atoms with Gasteiger partial charge in [0, 0.05) is 17.3 Å². The first kappa shape index (κ1) is 12.0. The standard InChI is InChI=1S/C10H12N2O4/c1-6-3-4-8(5-9(6)12(15)16)11-7(2)10(13)14/h3-5,7,11H,1-2H3,(H,13,14). The zero-order chi connectivity index (χ0) is 12.3. The quantitative estimate of drug-likeness (QED) is 0.600. The maximum Gasteiger partial charge on any atom is 0.325 e. The van der Waals surface area contributed by atoms with Crippen LogP contribution >= 0.6 is 0 Å². The minimum absolute atomic E-state index is 0.0254. The van der Waals surface area contributed by atoms with Crippen molar-refractivity contribution >= 4 is 17.3 Å². The molecule has 0 amide bonds. The Balaban J connectivity index is 2.95. The number of nitro benzene ring substituents is 1. The summed E-state index contributed by atoms with van der Waals surface area (Å²) in [7, 11) is 0. The molecule has 0 aliphatic heterocycles. The van der Waals surface area contributed by atoms with Crippen LogP contribution in [0, 0.1) is 17.0 Å². The number of carbonyl (C=O) groups is 1. The summed E-state index contributed by atoms with van der Waals surface area (Å²) in [6, 6.07) is 3.73. The molecule has 1 aromatic carbocycles. The van der Waals surface area contributed by atoms with Gasteiger partial charge in [-0.05, 0) is 19.9 Å². The van der Waals surface area contributed by atoms with Gasteiger partial charge < -0.3 is 10.4 Å². The van der Waals surface area contributed by atoms with Crippen molar-refractivity contribution in [2.24, 2.45) is 0 Å². The number of carboxylic acids is 1. The first-order valence-electron chi connectivity index (χ1n) is 4.66. The van der Waals surface area contributed by atoms with E-state index in [0.29, 0.717) is 11.3 Å². The van der Waals surface area contributed by atoms with Gasteiger partial charge >= 0.3 is 5.97 Å². The van der Waals surface area contributed by atoms with Crippen LogP contribution in [-0.4, -0.2) is 22.0 Å². The van der Waals surface area contributed by atoms with Crippen molar-refractivity contribution in [1.82, 2.24) is 0 Å². The monoisotopic (exact) mass is 224 g/mol. The van der Waals surface area contributed by atoms with Gasteiger partial charge in [-0.1, -0.05) is 6.07 Å². The number of aryl methyl sites for hydroxylation is 1. The van der Waals surface area contributed by atoms with Crippen molar-refractivity contribution in [3.63, 3.8) is 0 Å². The van der Waals surface area contributed by atoms with Gasteiger partial charge in [-0.2, -0.15) is 0 Å². The van der Waals surface area contributed by atoms with Gasteiger partial charge in [-0.3, -0.25) is 14.9 Å². The zero-order valence-electron chi connectivity index (χ0n) is 8.93. The number of nitrogens with one attached hydrogen (secondary N) is 1. The molecule has 6 heteroatoms. The van der Waals surface area contributed by atoms with Gasteiger partial charge in [0.25, 0.3) is 5.69 Å². The Labute approximate surface area is 92.0 Å². The maximum atomic E-state index is 10.7. The average molecular weight is 224 g/mol. The van der Waals surface area contributed by atoms with Crippen molar-refractivity contribution in [3.8, 4) is 0 Å². The largest absolute Gasteiger partial charge is 0.480 e. The molecule has 16 heavy (non-hydrogen) atoms. The molecular formula is C10H12N2O4. The second-order valence-electron chi connectivity index (χ2n) is 3.46. The number of carboxylic acid groups (broad SMARTS) is 1. The molecule has 0 heterocycles. The van der Waals surface area contributed by atoms with Crippen LogP contribution in [0.5, 0.6) is 0 Å². The van der Waals surface area contributed by atoms with E-state index in [1.807, 2.05) is 0 Å². The third-order valence-electron chi connectivity index (χ3n) is 2.16. The van der Waals surface area contributed by atoms with Crippen molar-refractivity contribution in [2.75, 3.05) is 5.32 Å². The molecule has 86 valence electrons. The highest BCUT2D eigenvalue weighted by atomic mass is 16.6. The fraction of sp³-hybridized carbons (Fsp3) is 0.300. The summed E-state index contributed by atoms with van der Waals surface area (Å²) in [5.74, 6) is -1.01. The Bertz CT molecular complexity index is 431. The van der Waals surface area contributed by atoms with E-state index in [-0.39, 0.29) is 5.69 Å². The zero-order valence-corrected chi connectivity index (χ0v) is 8.93. The number of nitro groups is 1. The molecule has 0 aromatic heterocycles. The molecule has 1 atom stereocenters. The Kier molecular flexibility index (Phi) is 3.44. The first-order chi connectivity index (χ1) is 7.41. The van der Waals surface area contributed by atoms with E-state index in [2.05, 4.69) is 5.32 Å². The normalized spacial score (nSPS) is 11.9.